The quantitative estimate of drug-likeness (QED) is 0.787. The Bertz CT molecular complexity index is 436. The zero-order chi connectivity index (χ0) is 13.5. The average molecular weight is 257 g/mol. The molecule has 2 fully saturated rings. The minimum atomic E-state index is 0.541. The van der Waals surface area contributed by atoms with Crippen molar-refractivity contribution in [3.63, 3.8) is 0 Å². The molecule has 3 rings (SSSR count). The first-order chi connectivity index (χ1) is 8.96. The molecule has 0 aromatic heterocycles. The van der Waals surface area contributed by atoms with Gasteiger partial charge in [0.2, 0.25) is 0 Å². The third-order valence-corrected chi connectivity index (χ3v) is 5.05. The van der Waals surface area contributed by atoms with Crippen LogP contribution < -0.4 is 0 Å². The lowest BCUT2D eigenvalue weighted by molar-refractivity contribution is 0.127. The Morgan fingerprint density at radius 3 is 2.58 bits per heavy atom. The van der Waals surface area contributed by atoms with E-state index >= 15 is 0 Å². The van der Waals surface area contributed by atoms with E-state index in [0.717, 1.165) is 6.04 Å². The highest BCUT2D eigenvalue weighted by Crippen LogP contribution is 2.52. The van der Waals surface area contributed by atoms with Gasteiger partial charge in [-0.15, -0.1) is 0 Å². The van der Waals surface area contributed by atoms with Crippen LogP contribution in [0.2, 0.25) is 0 Å². The molecular weight excluding hydrogens is 230 g/mol. The maximum atomic E-state index is 2.77. The lowest BCUT2D eigenvalue weighted by Gasteiger charge is -2.40. The van der Waals surface area contributed by atoms with Crippen molar-refractivity contribution in [3.8, 4) is 0 Å². The minimum Gasteiger partial charge on any atom is -0.299 e. The smallest absolute Gasteiger partial charge is 0.0106 e. The number of hydrogen-bond donors (Lipinski definition) is 0. The number of hydrogen-bond acceptors (Lipinski definition) is 1. The van der Waals surface area contributed by atoms with Gasteiger partial charge in [0.05, 0.1) is 0 Å². The van der Waals surface area contributed by atoms with Crippen LogP contribution in [0.5, 0.6) is 0 Å². The Hall–Kier alpha value is -0.820. The predicted molar refractivity (Wildman–Crippen MR) is 81.2 cm³/mol. The Morgan fingerprint density at radius 2 is 1.84 bits per heavy atom. The third-order valence-electron chi connectivity index (χ3n) is 5.05. The van der Waals surface area contributed by atoms with Crippen LogP contribution in [0.3, 0.4) is 0 Å². The van der Waals surface area contributed by atoms with Crippen LogP contribution in [0.4, 0.5) is 0 Å². The van der Waals surface area contributed by atoms with Gasteiger partial charge in [-0.05, 0) is 42.1 Å². The SMILES string of the molecule is CC1(C)CC2CC(C)(CN2CCc2ccccc2)C1. The Labute approximate surface area is 118 Å². The molecule has 1 aliphatic heterocycles. The summed E-state index contributed by atoms with van der Waals surface area (Å²) in [5.74, 6) is 0. The van der Waals surface area contributed by atoms with Gasteiger partial charge in [0.1, 0.15) is 0 Å². The van der Waals surface area contributed by atoms with Crippen LogP contribution >= 0.6 is 0 Å². The van der Waals surface area contributed by atoms with Crippen LogP contribution in [0.25, 0.3) is 0 Å². The van der Waals surface area contributed by atoms with Gasteiger partial charge in [-0.1, -0.05) is 51.1 Å². The molecule has 0 amide bonds. The van der Waals surface area contributed by atoms with Gasteiger partial charge >= 0.3 is 0 Å². The van der Waals surface area contributed by atoms with Crippen molar-refractivity contribution in [2.24, 2.45) is 10.8 Å². The topological polar surface area (TPSA) is 3.24 Å². The van der Waals surface area contributed by atoms with Crippen molar-refractivity contribution in [3.05, 3.63) is 35.9 Å². The molecule has 1 heteroatoms. The molecule has 1 aromatic carbocycles. The van der Waals surface area contributed by atoms with Gasteiger partial charge in [-0.25, -0.2) is 0 Å². The van der Waals surface area contributed by atoms with Crippen LogP contribution in [0.1, 0.15) is 45.6 Å². The molecular formula is C18H27N. The molecule has 1 aliphatic carbocycles. The molecule has 1 aromatic rings. The summed E-state index contributed by atoms with van der Waals surface area (Å²) < 4.78 is 0. The summed E-state index contributed by atoms with van der Waals surface area (Å²) in [5, 5.41) is 0. The first-order valence-corrected chi connectivity index (χ1v) is 7.74. The maximum Gasteiger partial charge on any atom is 0.0106 e. The van der Waals surface area contributed by atoms with E-state index in [2.05, 4.69) is 56.0 Å². The molecule has 1 saturated heterocycles. The number of likely N-dealkylation sites (tertiary alicyclic amines) is 1. The van der Waals surface area contributed by atoms with Gasteiger partial charge in [0.15, 0.2) is 0 Å². The largest absolute Gasteiger partial charge is 0.299 e. The summed E-state index contributed by atoms with van der Waals surface area (Å²) in [6, 6.07) is 11.8. The Kier molecular flexibility index (Phi) is 3.21. The maximum absolute atomic E-state index is 2.77. The number of benzene rings is 1. The standard InChI is InChI=1S/C18H27N/c1-17(2)11-16-12-18(3,13-17)14-19(16)10-9-15-7-5-4-6-8-15/h4-8,16H,9-14H2,1-3H3. The van der Waals surface area contributed by atoms with Crippen molar-refractivity contribution >= 4 is 0 Å². The minimum absolute atomic E-state index is 0.541. The summed E-state index contributed by atoms with van der Waals surface area (Å²) in [7, 11) is 0. The second-order valence-corrected chi connectivity index (χ2v) is 7.92. The molecule has 1 nitrogen and oxygen atoms in total. The van der Waals surface area contributed by atoms with Crippen LogP contribution in [0.15, 0.2) is 30.3 Å². The van der Waals surface area contributed by atoms with Gasteiger partial charge in [0.25, 0.3) is 0 Å². The van der Waals surface area contributed by atoms with Gasteiger partial charge in [-0.2, -0.15) is 0 Å². The van der Waals surface area contributed by atoms with Gasteiger partial charge < -0.3 is 0 Å². The highest BCUT2D eigenvalue weighted by Gasteiger charge is 2.49. The fourth-order valence-corrected chi connectivity index (χ4v) is 4.76. The molecule has 2 unspecified atom stereocenters. The molecule has 1 saturated carbocycles. The number of nitrogens with zero attached hydrogens (tertiary/aromatic N) is 1. The highest BCUT2D eigenvalue weighted by atomic mass is 15.2. The van der Waals surface area contributed by atoms with E-state index in [1.165, 1.54) is 44.3 Å². The molecule has 2 bridgehead atoms. The fraction of sp³-hybridized carbons (Fsp3) is 0.667. The van der Waals surface area contributed by atoms with Gasteiger partial charge in [-0.3, -0.25) is 4.90 Å². The normalized spacial score (nSPS) is 33.5. The summed E-state index contributed by atoms with van der Waals surface area (Å²) in [6.07, 6.45) is 5.41. The van der Waals surface area contributed by atoms with Crippen molar-refractivity contribution in [1.29, 1.82) is 0 Å². The third kappa shape index (κ3) is 2.86. The molecule has 0 spiro atoms. The average Bonchev–Trinajstić information content (AvgIpc) is 2.57. The van der Waals surface area contributed by atoms with Crippen molar-refractivity contribution in [1.82, 2.24) is 4.90 Å². The summed E-state index contributed by atoms with van der Waals surface area (Å²) in [4.78, 5) is 2.77. The van der Waals surface area contributed by atoms with Crippen LogP contribution in [-0.2, 0) is 6.42 Å². The van der Waals surface area contributed by atoms with E-state index in [-0.39, 0.29) is 0 Å². The predicted octanol–water partition coefficient (Wildman–Crippen LogP) is 4.13. The molecule has 1 heterocycles. The summed E-state index contributed by atoms with van der Waals surface area (Å²) in [6.45, 7) is 9.97. The second-order valence-electron chi connectivity index (χ2n) is 7.92. The molecule has 0 N–H and O–H groups in total. The lowest BCUT2D eigenvalue weighted by Crippen LogP contribution is -2.35. The van der Waals surface area contributed by atoms with Crippen LogP contribution in [0, 0.1) is 10.8 Å². The van der Waals surface area contributed by atoms with E-state index in [4.69, 9.17) is 0 Å². The molecule has 2 aliphatic rings. The van der Waals surface area contributed by atoms with E-state index in [9.17, 15) is 0 Å². The number of fused-ring (bicyclic) bond motifs is 2. The molecule has 104 valence electrons. The summed E-state index contributed by atoms with van der Waals surface area (Å²) in [5.41, 5.74) is 2.59. The van der Waals surface area contributed by atoms with E-state index < -0.39 is 0 Å². The molecule has 2 atom stereocenters. The first-order valence-electron chi connectivity index (χ1n) is 7.74. The van der Waals surface area contributed by atoms with Crippen molar-refractivity contribution in [2.75, 3.05) is 13.1 Å². The Morgan fingerprint density at radius 1 is 1.11 bits per heavy atom. The van der Waals surface area contributed by atoms with Gasteiger partial charge in [0, 0.05) is 19.1 Å². The van der Waals surface area contributed by atoms with Crippen LogP contribution in [-0.4, -0.2) is 24.0 Å². The Balaban J connectivity index is 1.64. The molecule has 0 radical (unpaired) electrons. The molecule has 19 heavy (non-hydrogen) atoms. The summed E-state index contributed by atoms with van der Waals surface area (Å²) >= 11 is 0. The van der Waals surface area contributed by atoms with Crippen molar-refractivity contribution in [2.45, 2.75) is 52.5 Å². The van der Waals surface area contributed by atoms with E-state index in [1.54, 1.807) is 0 Å². The van der Waals surface area contributed by atoms with E-state index in [1.807, 2.05) is 0 Å². The number of rotatable bonds is 3. The zero-order valence-electron chi connectivity index (χ0n) is 12.7. The fourth-order valence-electron chi connectivity index (χ4n) is 4.76. The first kappa shape index (κ1) is 13.2. The van der Waals surface area contributed by atoms with E-state index in [0.29, 0.717) is 10.8 Å². The lowest BCUT2D eigenvalue weighted by atomic mass is 9.65. The highest BCUT2D eigenvalue weighted by molar-refractivity contribution is 5.15. The monoisotopic (exact) mass is 257 g/mol. The van der Waals surface area contributed by atoms with Crippen molar-refractivity contribution < 1.29 is 0 Å². The zero-order valence-corrected chi connectivity index (χ0v) is 12.7. The second kappa shape index (κ2) is 4.63.